The van der Waals surface area contributed by atoms with E-state index in [4.69, 9.17) is 11.6 Å². The van der Waals surface area contributed by atoms with Crippen molar-refractivity contribution in [2.24, 2.45) is 0 Å². The van der Waals surface area contributed by atoms with Gasteiger partial charge in [0.2, 0.25) is 5.91 Å². The standard InChI is InChI=1S/C26H22ClFN4O3/c27-21-15-20(5-6-22(21)28)32-24(33)16-23(26(32)35)31-13-11-30(12-14-31)19-3-1-17(2-4-19)25(34)18-7-9-29-10-8-18/h1-10,15,23H,11-14,16H2/t23-/m1/s1. The maximum Gasteiger partial charge on any atom is 0.251 e. The van der Waals surface area contributed by atoms with Crippen molar-refractivity contribution in [2.45, 2.75) is 12.5 Å². The second-order valence-electron chi connectivity index (χ2n) is 8.52. The number of anilines is 2. The molecule has 0 radical (unpaired) electrons. The Hall–Kier alpha value is -3.62. The summed E-state index contributed by atoms with van der Waals surface area (Å²) in [6.45, 7) is 2.58. The van der Waals surface area contributed by atoms with E-state index in [1.807, 2.05) is 29.2 Å². The number of pyridine rings is 1. The summed E-state index contributed by atoms with van der Waals surface area (Å²) in [4.78, 5) is 47.5. The molecule has 2 aliphatic rings. The number of carbonyl (C=O) groups excluding carboxylic acids is 3. The predicted octanol–water partition coefficient (Wildman–Crippen LogP) is 3.56. The molecule has 2 aliphatic heterocycles. The molecule has 0 N–H and O–H groups in total. The predicted molar refractivity (Wildman–Crippen MR) is 130 cm³/mol. The number of benzene rings is 2. The van der Waals surface area contributed by atoms with E-state index in [9.17, 15) is 18.8 Å². The van der Waals surface area contributed by atoms with Crippen LogP contribution < -0.4 is 9.80 Å². The Labute approximate surface area is 206 Å². The number of rotatable bonds is 5. The smallest absolute Gasteiger partial charge is 0.251 e. The summed E-state index contributed by atoms with van der Waals surface area (Å²) in [7, 11) is 0. The summed E-state index contributed by atoms with van der Waals surface area (Å²) < 4.78 is 13.5. The molecule has 3 heterocycles. The number of amides is 2. The lowest BCUT2D eigenvalue weighted by Crippen LogP contribution is -2.52. The van der Waals surface area contributed by atoms with E-state index in [0.717, 1.165) is 16.7 Å². The highest BCUT2D eigenvalue weighted by Crippen LogP contribution is 2.30. The molecule has 2 aromatic carbocycles. The van der Waals surface area contributed by atoms with E-state index < -0.39 is 11.9 Å². The number of hydrogen-bond acceptors (Lipinski definition) is 6. The average Bonchev–Trinajstić information content (AvgIpc) is 3.19. The minimum absolute atomic E-state index is 0.0554. The Bertz CT molecular complexity index is 1280. The van der Waals surface area contributed by atoms with Gasteiger partial charge < -0.3 is 4.90 Å². The third kappa shape index (κ3) is 4.54. The van der Waals surface area contributed by atoms with Gasteiger partial charge >= 0.3 is 0 Å². The SMILES string of the molecule is O=C(c1ccncc1)c1ccc(N2CCN([C@@H]3CC(=O)N(c4ccc(F)c(Cl)c4)C3=O)CC2)cc1. The van der Waals surface area contributed by atoms with Crippen molar-refractivity contribution in [3.05, 3.63) is 89.0 Å². The zero-order valence-electron chi connectivity index (χ0n) is 18.7. The van der Waals surface area contributed by atoms with Crippen LogP contribution in [0.5, 0.6) is 0 Å². The molecule has 0 saturated carbocycles. The van der Waals surface area contributed by atoms with Crippen LogP contribution >= 0.6 is 11.6 Å². The third-order valence-corrected chi connectivity index (χ3v) is 6.77. The fraction of sp³-hybridized carbons (Fsp3) is 0.231. The Morgan fingerprint density at radius 2 is 1.51 bits per heavy atom. The van der Waals surface area contributed by atoms with Crippen molar-refractivity contribution in [3.8, 4) is 0 Å². The number of carbonyl (C=O) groups is 3. The average molecular weight is 493 g/mol. The van der Waals surface area contributed by atoms with Gasteiger partial charge in [0, 0.05) is 55.4 Å². The van der Waals surface area contributed by atoms with E-state index in [2.05, 4.69) is 9.88 Å². The first-order valence-corrected chi connectivity index (χ1v) is 11.7. The van der Waals surface area contributed by atoms with Crippen LogP contribution in [0.25, 0.3) is 0 Å². The molecule has 3 aromatic rings. The summed E-state index contributed by atoms with van der Waals surface area (Å²) in [5.41, 5.74) is 2.48. The van der Waals surface area contributed by atoms with Crippen molar-refractivity contribution in [1.29, 1.82) is 0 Å². The van der Waals surface area contributed by atoms with Crippen LogP contribution in [0.15, 0.2) is 67.0 Å². The van der Waals surface area contributed by atoms with E-state index in [0.29, 0.717) is 37.3 Å². The number of ketones is 1. The van der Waals surface area contributed by atoms with Crippen LogP contribution in [-0.2, 0) is 9.59 Å². The summed E-state index contributed by atoms with van der Waals surface area (Å²) in [5.74, 6) is -1.29. The minimum Gasteiger partial charge on any atom is -0.369 e. The van der Waals surface area contributed by atoms with E-state index in [1.165, 1.54) is 12.1 Å². The van der Waals surface area contributed by atoms with Gasteiger partial charge in [-0.2, -0.15) is 0 Å². The van der Waals surface area contributed by atoms with Crippen LogP contribution in [0.1, 0.15) is 22.3 Å². The second-order valence-corrected chi connectivity index (χ2v) is 8.93. The highest BCUT2D eigenvalue weighted by Gasteiger charge is 2.43. The van der Waals surface area contributed by atoms with Gasteiger partial charge in [0.15, 0.2) is 5.78 Å². The molecule has 0 aliphatic carbocycles. The van der Waals surface area contributed by atoms with E-state index >= 15 is 0 Å². The fourth-order valence-corrected chi connectivity index (χ4v) is 4.76. The molecule has 7 nitrogen and oxygen atoms in total. The summed E-state index contributed by atoms with van der Waals surface area (Å²) in [5, 5.41) is -0.131. The summed E-state index contributed by atoms with van der Waals surface area (Å²) >= 11 is 5.84. The quantitative estimate of drug-likeness (QED) is 0.400. The van der Waals surface area contributed by atoms with E-state index in [1.54, 1.807) is 24.5 Å². The molecule has 178 valence electrons. The fourth-order valence-electron chi connectivity index (χ4n) is 4.58. The van der Waals surface area contributed by atoms with E-state index in [-0.39, 0.29) is 34.7 Å². The zero-order chi connectivity index (χ0) is 24.5. The number of imide groups is 1. The number of aromatic nitrogens is 1. The lowest BCUT2D eigenvalue weighted by molar-refractivity contribution is -0.123. The molecular weight excluding hydrogens is 471 g/mol. The third-order valence-electron chi connectivity index (χ3n) is 6.48. The van der Waals surface area contributed by atoms with Crippen LogP contribution in [0.4, 0.5) is 15.8 Å². The number of hydrogen-bond donors (Lipinski definition) is 0. The first-order valence-electron chi connectivity index (χ1n) is 11.3. The van der Waals surface area contributed by atoms with Crippen molar-refractivity contribution in [2.75, 3.05) is 36.0 Å². The first kappa shape index (κ1) is 23.1. The molecule has 0 unspecified atom stereocenters. The lowest BCUT2D eigenvalue weighted by atomic mass is 10.0. The molecule has 0 spiro atoms. The Morgan fingerprint density at radius 1 is 0.886 bits per heavy atom. The topological polar surface area (TPSA) is 73.8 Å². The summed E-state index contributed by atoms with van der Waals surface area (Å²) in [6, 6.07) is 14.2. The molecule has 2 amide bonds. The molecular formula is C26H22ClFN4O3. The highest BCUT2D eigenvalue weighted by atomic mass is 35.5. The van der Waals surface area contributed by atoms with Crippen molar-refractivity contribution >= 4 is 40.6 Å². The number of nitrogens with zero attached hydrogens (tertiary/aromatic N) is 4. The zero-order valence-corrected chi connectivity index (χ0v) is 19.5. The molecule has 1 aromatic heterocycles. The largest absolute Gasteiger partial charge is 0.369 e. The highest BCUT2D eigenvalue weighted by molar-refractivity contribution is 6.31. The minimum atomic E-state index is -0.600. The molecule has 0 bridgehead atoms. The Balaban J connectivity index is 1.22. The maximum atomic E-state index is 13.5. The summed E-state index contributed by atoms with van der Waals surface area (Å²) in [6.07, 6.45) is 3.27. The Kier molecular flexibility index (Phi) is 6.32. The maximum absolute atomic E-state index is 13.5. The second kappa shape index (κ2) is 9.56. The first-order chi connectivity index (χ1) is 16.9. The monoisotopic (exact) mass is 492 g/mol. The molecule has 5 rings (SSSR count). The van der Waals surface area contributed by atoms with Crippen LogP contribution in [0, 0.1) is 5.82 Å². The molecule has 2 saturated heterocycles. The van der Waals surface area contributed by atoms with Crippen LogP contribution in [0.2, 0.25) is 5.02 Å². The Morgan fingerprint density at radius 3 is 2.17 bits per heavy atom. The van der Waals surface area contributed by atoms with Crippen molar-refractivity contribution in [3.63, 3.8) is 0 Å². The molecule has 2 fully saturated rings. The van der Waals surface area contributed by atoms with Gasteiger partial charge in [0.05, 0.1) is 23.2 Å². The normalized spacial score (nSPS) is 18.9. The molecule has 9 heteroatoms. The molecule has 35 heavy (non-hydrogen) atoms. The number of halogens is 2. The van der Waals surface area contributed by atoms with Gasteiger partial charge in [-0.05, 0) is 54.6 Å². The van der Waals surface area contributed by atoms with Gasteiger partial charge in [-0.15, -0.1) is 0 Å². The number of piperazine rings is 1. The van der Waals surface area contributed by atoms with Gasteiger partial charge in [-0.1, -0.05) is 11.6 Å². The van der Waals surface area contributed by atoms with Gasteiger partial charge in [0.1, 0.15) is 5.82 Å². The molecule has 1 atom stereocenters. The van der Waals surface area contributed by atoms with Crippen molar-refractivity contribution < 1.29 is 18.8 Å². The van der Waals surface area contributed by atoms with Crippen LogP contribution in [0.3, 0.4) is 0 Å². The van der Waals surface area contributed by atoms with Gasteiger partial charge in [0.25, 0.3) is 5.91 Å². The van der Waals surface area contributed by atoms with Crippen molar-refractivity contribution in [1.82, 2.24) is 9.88 Å². The van der Waals surface area contributed by atoms with Gasteiger partial charge in [-0.25, -0.2) is 9.29 Å². The van der Waals surface area contributed by atoms with Gasteiger partial charge in [-0.3, -0.25) is 24.3 Å². The van der Waals surface area contributed by atoms with Crippen LogP contribution in [-0.4, -0.2) is 59.7 Å². The lowest BCUT2D eigenvalue weighted by Gasteiger charge is -2.38.